The number of allylic oxidation sites excluding steroid dienone is 2. The van der Waals surface area contributed by atoms with E-state index in [0.717, 1.165) is 117 Å². The Kier molecular flexibility index (Phi) is 12.9. The third kappa shape index (κ3) is 9.11. The number of aromatic nitrogens is 5. The molecule has 1 fully saturated rings. The van der Waals surface area contributed by atoms with Gasteiger partial charge in [0.25, 0.3) is 0 Å². The number of aryl methyl sites for hydroxylation is 3. The molecule has 0 saturated carbocycles. The average Bonchev–Trinajstić information content (AvgIpc) is 3.74. The number of hydrogen-bond donors (Lipinski definition) is 2. The van der Waals surface area contributed by atoms with Crippen LogP contribution in [0.1, 0.15) is 85.0 Å². The number of likely N-dealkylation sites (N-methyl/N-ethyl adjacent to an activating group) is 1. The first-order valence-electron chi connectivity index (χ1n) is 20.9. The van der Waals surface area contributed by atoms with Crippen LogP contribution >= 0.6 is 0 Å². The second kappa shape index (κ2) is 18.2. The summed E-state index contributed by atoms with van der Waals surface area (Å²) in [6, 6.07) is 14.1. The number of nitrogens with one attached hydrogen (secondary N) is 2. The second-order valence-electron chi connectivity index (χ2n) is 16.2. The van der Waals surface area contributed by atoms with Gasteiger partial charge in [0.2, 0.25) is 5.95 Å². The first-order chi connectivity index (χ1) is 28.0. The molecule has 5 heterocycles. The highest BCUT2D eigenvalue weighted by Crippen LogP contribution is 2.33. The molecule has 11 heteroatoms. The maximum absolute atomic E-state index is 15.4. The van der Waals surface area contributed by atoms with Crippen molar-refractivity contribution >= 4 is 22.7 Å². The van der Waals surface area contributed by atoms with E-state index in [-0.39, 0.29) is 5.56 Å². The molecule has 2 aromatic carbocycles. The van der Waals surface area contributed by atoms with Crippen molar-refractivity contribution in [2.24, 2.45) is 7.05 Å². The Morgan fingerprint density at radius 2 is 1.81 bits per heavy atom. The van der Waals surface area contributed by atoms with E-state index >= 15 is 8.78 Å². The van der Waals surface area contributed by atoms with Gasteiger partial charge in [-0.3, -0.25) is 19.5 Å². The number of benzene rings is 2. The van der Waals surface area contributed by atoms with E-state index in [2.05, 4.69) is 87.1 Å². The van der Waals surface area contributed by atoms with Gasteiger partial charge in [-0.05, 0) is 99.9 Å². The summed E-state index contributed by atoms with van der Waals surface area (Å²) in [5.41, 5.74) is 10.6. The lowest BCUT2D eigenvalue weighted by atomic mass is 9.89. The highest BCUT2D eigenvalue weighted by atomic mass is 19.1. The third-order valence-corrected chi connectivity index (χ3v) is 12.1. The number of pyridine rings is 1. The number of imidazole rings is 1. The van der Waals surface area contributed by atoms with Gasteiger partial charge in [-0.1, -0.05) is 38.1 Å². The zero-order chi connectivity index (χ0) is 40.9. The van der Waals surface area contributed by atoms with Gasteiger partial charge in [0.15, 0.2) is 0 Å². The standard InChI is InChI=1S/C47H59F2N9/c1-8-9-14-38(34(5)50-6)46-40(48)24-35(25-41(46)49)18-20-57-22-21-56(29-32(57)3)30-36-16-17-42-45(26-36)58-19-13-11-10-12-15-44-39(28-51-55(44)7)43-27-37(23-31(2)52-43)33(4)53-47(58)54-42/h8,16-17,23-28,32,38,50H,1,4-5,9-15,18-22,29-30H2,2-3,6-7H3,(H,53,54)/t32?,38-/m0/s1. The molecule has 0 radical (unpaired) electrons. The monoisotopic (exact) mass is 787 g/mol. The van der Waals surface area contributed by atoms with E-state index in [4.69, 9.17) is 9.97 Å². The van der Waals surface area contributed by atoms with Crippen molar-refractivity contribution in [1.82, 2.24) is 39.4 Å². The third-order valence-electron chi connectivity index (χ3n) is 12.1. The zero-order valence-corrected chi connectivity index (χ0v) is 34.8. The van der Waals surface area contributed by atoms with Crippen LogP contribution < -0.4 is 10.6 Å². The molecule has 58 heavy (non-hydrogen) atoms. The predicted molar refractivity (Wildman–Crippen MR) is 232 cm³/mol. The van der Waals surface area contributed by atoms with E-state index < -0.39 is 17.6 Å². The first-order valence-corrected chi connectivity index (χ1v) is 20.9. The molecule has 0 spiro atoms. The van der Waals surface area contributed by atoms with E-state index in [1.54, 1.807) is 13.1 Å². The lowest BCUT2D eigenvalue weighted by molar-refractivity contribution is 0.0799. The fraction of sp³-hybridized carbons (Fsp3) is 0.426. The average molecular weight is 788 g/mol. The van der Waals surface area contributed by atoms with E-state index in [0.29, 0.717) is 36.6 Å². The van der Waals surface area contributed by atoms with Crippen molar-refractivity contribution in [3.63, 3.8) is 0 Å². The lowest BCUT2D eigenvalue weighted by Gasteiger charge is -2.40. The highest BCUT2D eigenvalue weighted by molar-refractivity contribution is 5.83. The number of fused-ring (bicyclic) bond motifs is 7. The van der Waals surface area contributed by atoms with Crippen LogP contribution in [0.4, 0.5) is 14.7 Å². The molecule has 0 aliphatic carbocycles. The van der Waals surface area contributed by atoms with E-state index in [1.807, 2.05) is 24.9 Å². The molecule has 2 aliphatic heterocycles. The Morgan fingerprint density at radius 1 is 1.02 bits per heavy atom. The van der Waals surface area contributed by atoms with E-state index in [1.165, 1.54) is 23.4 Å². The molecule has 3 aromatic heterocycles. The second-order valence-corrected chi connectivity index (χ2v) is 16.2. The molecule has 306 valence electrons. The molecule has 9 nitrogen and oxygen atoms in total. The van der Waals surface area contributed by atoms with Crippen molar-refractivity contribution in [3.05, 3.63) is 125 Å². The van der Waals surface area contributed by atoms with Crippen molar-refractivity contribution < 1.29 is 8.78 Å². The normalized spacial score (nSPS) is 17.5. The fourth-order valence-corrected chi connectivity index (χ4v) is 8.81. The molecule has 7 rings (SSSR count). The van der Waals surface area contributed by atoms with Gasteiger partial charge in [0.1, 0.15) is 11.6 Å². The van der Waals surface area contributed by atoms with Gasteiger partial charge in [-0.15, -0.1) is 6.58 Å². The van der Waals surface area contributed by atoms with Crippen LogP contribution in [0.5, 0.6) is 0 Å². The summed E-state index contributed by atoms with van der Waals surface area (Å²) in [4.78, 5) is 14.9. The van der Waals surface area contributed by atoms with Gasteiger partial charge >= 0.3 is 0 Å². The predicted octanol–water partition coefficient (Wildman–Crippen LogP) is 9.15. The Balaban J connectivity index is 1.02. The van der Waals surface area contributed by atoms with E-state index in [9.17, 15) is 0 Å². The van der Waals surface area contributed by atoms with Crippen LogP contribution in [0.15, 0.2) is 80.2 Å². The lowest BCUT2D eigenvalue weighted by Crippen LogP contribution is -2.51. The highest BCUT2D eigenvalue weighted by Gasteiger charge is 2.26. The molecule has 2 atom stereocenters. The maximum atomic E-state index is 15.4. The largest absolute Gasteiger partial charge is 0.391 e. The summed E-state index contributed by atoms with van der Waals surface area (Å²) in [5.74, 6) is -0.664. The Morgan fingerprint density at radius 3 is 2.57 bits per heavy atom. The summed E-state index contributed by atoms with van der Waals surface area (Å²) < 4.78 is 35.2. The number of halogens is 2. The van der Waals surface area contributed by atoms with Crippen molar-refractivity contribution in [1.29, 1.82) is 0 Å². The number of rotatable bonds is 11. The summed E-state index contributed by atoms with van der Waals surface area (Å²) in [6.45, 7) is 21.7. The van der Waals surface area contributed by atoms with Crippen LogP contribution in [0.25, 0.3) is 28.0 Å². The number of hydrogen-bond acceptors (Lipinski definition) is 7. The molecule has 2 aliphatic rings. The van der Waals surface area contributed by atoms with Crippen LogP contribution in [-0.2, 0) is 33.0 Å². The Labute approximate surface area is 342 Å². The van der Waals surface area contributed by atoms with Crippen molar-refractivity contribution in [2.45, 2.75) is 90.3 Å². The summed E-state index contributed by atoms with van der Waals surface area (Å²) in [6.07, 6.45) is 10.9. The fourth-order valence-electron chi connectivity index (χ4n) is 8.81. The minimum Gasteiger partial charge on any atom is -0.391 e. The molecular formula is C47H59F2N9. The molecule has 1 unspecified atom stereocenters. The number of piperazine rings is 1. The Hall–Kier alpha value is -5.13. The van der Waals surface area contributed by atoms with Gasteiger partial charge in [-0.2, -0.15) is 5.10 Å². The first kappa shape index (κ1) is 41.0. The van der Waals surface area contributed by atoms with Crippen molar-refractivity contribution in [2.75, 3.05) is 38.5 Å². The van der Waals surface area contributed by atoms with Gasteiger partial charge in [0, 0.05) is 105 Å². The summed E-state index contributed by atoms with van der Waals surface area (Å²) in [7, 11) is 3.75. The number of anilines is 1. The number of nitrogens with zero attached hydrogens (tertiary/aromatic N) is 7. The minimum atomic E-state index is -0.508. The molecule has 2 N–H and O–H groups in total. The van der Waals surface area contributed by atoms with Crippen molar-refractivity contribution in [3.8, 4) is 11.3 Å². The van der Waals surface area contributed by atoms with Crippen LogP contribution in [0.3, 0.4) is 0 Å². The van der Waals surface area contributed by atoms with Gasteiger partial charge < -0.3 is 15.2 Å². The minimum absolute atomic E-state index is 0.0835. The SMILES string of the molecule is C=CCC[C@@H](C(=C)NC)c1c(F)cc(CCN2CCN(Cc3ccc4nc5n(c4c3)CCCCCCc3c(cnn3C)-c3cc(cc(C)n3)C(=C)N5)CC2C)cc1F. The molecule has 5 aromatic rings. The molecular weight excluding hydrogens is 729 g/mol. The summed E-state index contributed by atoms with van der Waals surface area (Å²) in [5, 5.41) is 11.2. The molecule has 2 bridgehead atoms. The van der Waals surface area contributed by atoms with Crippen LogP contribution in [-0.4, -0.2) is 73.4 Å². The summed E-state index contributed by atoms with van der Waals surface area (Å²) >= 11 is 0. The molecule has 1 saturated heterocycles. The van der Waals surface area contributed by atoms with Crippen LogP contribution in [0.2, 0.25) is 0 Å². The molecule has 0 amide bonds. The van der Waals surface area contributed by atoms with Gasteiger partial charge in [-0.25, -0.2) is 13.8 Å². The van der Waals surface area contributed by atoms with Crippen LogP contribution in [0, 0.1) is 18.6 Å². The maximum Gasteiger partial charge on any atom is 0.208 e. The smallest absolute Gasteiger partial charge is 0.208 e. The zero-order valence-electron chi connectivity index (χ0n) is 34.8. The Bertz CT molecular complexity index is 2260. The van der Waals surface area contributed by atoms with Gasteiger partial charge in [0.05, 0.1) is 22.9 Å². The quantitative estimate of drug-likeness (QED) is 0.129. The topological polar surface area (TPSA) is 79.1 Å².